The zero-order chi connectivity index (χ0) is 20.1. The summed E-state index contributed by atoms with van der Waals surface area (Å²) in [5.74, 6) is -0.885. The molecule has 0 aromatic heterocycles. The fourth-order valence-corrected chi connectivity index (χ4v) is 4.30. The summed E-state index contributed by atoms with van der Waals surface area (Å²) < 4.78 is 0. The highest BCUT2D eigenvalue weighted by Crippen LogP contribution is 2.64. The van der Waals surface area contributed by atoms with Gasteiger partial charge in [0.2, 0.25) is 0 Å². The van der Waals surface area contributed by atoms with Gasteiger partial charge in [-0.25, -0.2) is 4.79 Å². The van der Waals surface area contributed by atoms with Gasteiger partial charge in [0.1, 0.15) is 5.60 Å². The summed E-state index contributed by atoms with van der Waals surface area (Å²) in [5.41, 5.74) is 1.85. The van der Waals surface area contributed by atoms with Crippen molar-refractivity contribution in [1.82, 2.24) is 10.4 Å². The SMILES string of the molecule is CCNC(=O)N(CC1=C(C)C=C2C(=O)[C@](C)(O)C3(CC3)C(C)=C21)OC(C)=O. The lowest BCUT2D eigenvalue weighted by molar-refractivity contribution is -0.172. The monoisotopic (exact) mass is 374 g/mol. The summed E-state index contributed by atoms with van der Waals surface area (Å²) in [4.78, 5) is 41.8. The molecule has 1 fully saturated rings. The van der Waals surface area contributed by atoms with E-state index >= 15 is 0 Å². The van der Waals surface area contributed by atoms with Crippen LogP contribution in [-0.2, 0) is 14.4 Å². The summed E-state index contributed by atoms with van der Waals surface area (Å²) >= 11 is 0. The van der Waals surface area contributed by atoms with Crippen molar-refractivity contribution in [3.05, 3.63) is 33.9 Å². The number of urea groups is 1. The predicted molar refractivity (Wildman–Crippen MR) is 98.3 cm³/mol. The second-order valence-electron chi connectivity index (χ2n) is 7.66. The standard InChI is InChI=1S/C20H26N2O5/c1-6-21-18(25)22(27-13(4)23)10-15-11(2)9-14-16(15)12(3)20(7-8-20)19(5,26)17(14)24/h9,26H,6-8,10H2,1-5H3,(H,21,25)/t19-/m0/s1. The first kappa shape index (κ1) is 19.4. The number of hydroxylamine groups is 2. The summed E-state index contributed by atoms with van der Waals surface area (Å²) in [6.45, 7) is 8.83. The fourth-order valence-electron chi connectivity index (χ4n) is 4.30. The van der Waals surface area contributed by atoms with Crippen molar-refractivity contribution in [3.8, 4) is 0 Å². The molecule has 1 spiro atoms. The Kier molecular flexibility index (Phi) is 4.54. The number of Topliss-reactive ketones (excluding diaryl/α,β-unsaturated/α-hetero) is 1. The van der Waals surface area contributed by atoms with Gasteiger partial charge in [-0.05, 0) is 63.3 Å². The number of aliphatic hydroxyl groups is 1. The van der Waals surface area contributed by atoms with E-state index in [4.69, 9.17) is 4.84 Å². The van der Waals surface area contributed by atoms with E-state index in [0.29, 0.717) is 12.1 Å². The Balaban J connectivity index is 2.00. The molecule has 1 saturated carbocycles. The molecule has 7 heteroatoms. The van der Waals surface area contributed by atoms with Crippen LogP contribution in [0.15, 0.2) is 33.9 Å². The van der Waals surface area contributed by atoms with Gasteiger partial charge in [0.25, 0.3) is 0 Å². The molecule has 2 N–H and O–H groups in total. The van der Waals surface area contributed by atoms with E-state index in [1.165, 1.54) is 6.92 Å². The van der Waals surface area contributed by atoms with Crippen molar-refractivity contribution in [2.24, 2.45) is 5.41 Å². The van der Waals surface area contributed by atoms with Crippen LogP contribution in [0.2, 0.25) is 0 Å². The topological polar surface area (TPSA) is 95.9 Å². The lowest BCUT2D eigenvalue weighted by atomic mass is 9.67. The number of nitrogens with zero attached hydrogens (tertiary/aromatic N) is 1. The Bertz CT molecular complexity index is 827. The number of allylic oxidation sites excluding steroid dienone is 2. The van der Waals surface area contributed by atoms with E-state index in [2.05, 4.69) is 5.32 Å². The molecular formula is C20H26N2O5. The highest BCUT2D eigenvalue weighted by atomic mass is 16.7. The summed E-state index contributed by atoms with van der Waals surface area (Å²) in [6.07, 6.45) is 3.26. The number of hydrogen-bond donors (Lipinski definition) is 2. The molecule has 2 amide bonds. The Morgan fingerprint density at radius 1 is 1.33 bits per heavy atom. The number of ketones is 1. The molecule has 1 atom stereocenters. The second kappa shape index (κ2) is 6.34. The van der Waals surface area contributed by atoms with Crippen molar-refractivity contribution in [2.45, 2.75) is 53.1 Å². The maximum atomic E-state index is 13.0. The molecular weight excluding hydrogens is 348 g/mol. The van der Waals surface area contributed by atoms with Crippen LogP contribution in [0.4, 0.5) is 4.79 Å². The Morgan fingerprint density at radius 3 is 2.48 bits per heavy atom. The molecule has 0 unspecified atom stereocenters. The van der Waals surface area contributed by atoms with Crippen LogP contribution in [0.3, 0.4) is 0 Å². The van der Waals surface area contributed by atoms with Crippen molar-refractivity contribution >= 4 is 17.8 Å². The van der Waals surface area contributed by atoms with Crippen LogP contribution in [0.1, 0.15) is 47.5 Å². The molecule has 3 aliphatic rings. The maximum Gasteiger partial charge on any atom is 0.350 e. The Labute approximate surface area is 158 Å². The third-order valence-electron chi connectivity index (χ3n) is 5.96. The molecule has 0 aromatic carbocycles. The molecule has 0 saturated heterocycles. The van der Waals surface area contributed by atoms with Gasteiger partial charge in [-0.2, -0.15) is 0 Å². The first-order valence-electron chi connectivity index (χ1n) is 9.21. The van der Waals surface area contributed by atoms with Crippen LogP contribution in [-0.4, -0.2) is 46.6 Å². The number of hydrogen-bond acceptors (Lipinski definition) is 5. The zero-order valence-electron chi connectivity index (χ0n) is 16.4. The summed E-state index contributed by atoms with van der Waals surface area (Å²) in [6, 6.07) is -0.519. The lowest BCUT2D eigenvalue weighted by Gasteiger charge is -2.39. The lowest BCUT2D eigenvalue weighted by Crippen LogP contribution is -2.49. The van der Waals surface area contributed by atoms with E-state index in [0.717, 1.165) is 40.2 Å². The Hall–Kier alpha value is -2.41. The van der Waals surface area contributed by atoms with Crippen molar-refractivity contribution in [1.29, 1.82) is 0 Å². The first-order chi connectivity index (χ1) is 12.6. The van der Waals surface area contributed by atoms with Gasteiger partial charge < -0.3 is 15.3 Å². The molecule has 0 heterocycles. The molecule has 0 aliphatic heterocycles. The smallest absolute Gasteiger partial charge is 0.350 e. The van der Waals surface area contributed by atoms with E-state index in [9.17, 15) is 19.5 Å². The van der Waals surface area contributed by atoms with E-state index in [-0.39, 0.29) is 12.3 Å². The fraction of sp³-hybridized carbons (Fsp3) is 0.550. The van der Waals surface area contributed by atoms with E-state index < -0.39 is 23.0 Å². The second-order valence-corrected chi connectivity index (χ2v) is 7.66. The number of carbonyl (C=O) groups is 3. The third kappa shape index (κ3) is 2.81. The van der Waals surface area contributed by atoms with Crippen LogP contribution < -0.4 is 5.32 Å². The largest absolute Gasteiger partial charge is 0.381 e. The molecule has 7 nitrogen and oxygen atoms in total. The molecule has 3 rings (SSSR count). The minimum atomic E-state index is -1.42. The van der Waals surface area contributed by atoms with Gasteiger partial charge in [0.15, 0.2) is 5.78 Å². The molecule has 146 valence electrons. The van der Waals surface area contributed by atoms with Crippen molar-refractivity contribution in [2.75, 3.05) is 13.1 Å². The minimum Gasteiger partial charge on any atom is -0.381 e. The van der Waals surface area contributed by atoms with Gasteiger partial charge in [0, 0.05) is 24.5 Å². The number of nitrogens with one attached hydrogen (secondary N) is 1. The average Bonchev–Trinajstić information content (AvgIpc) is 3.33. The van der Waals surface area contributed by atoms with Gasteiger partial charge in [-0.15, -0.1) is 5.06 Å². The molecule has 3 aliphatic carbocycles. The van der Waals surface area contributed by atoms with Crippen LogP contribution in [0, 0.1) is 5.41 Å². The Morgan fingerprint density at radius 2 is 1.96 bits per heavy atom. The van der Waals surface area contributed by atoms with Gasteiger partial charge in [-0.1, -0.05) is 5.57 Å². The molecule has 0 aromatic rings. The molecule has 0 bridgehead atoms. The quantitative estimate of drug-likeness (QED) is 0.738. The van der Waals surface area contributed by atoms with Crippen LogP contribution in [0.5, 0.6) is 0 Å². The number of fused-ring (bicyclic) bond motifs is 1. The first-order valence-corrected chi connectivity index (χ1v) is 9.21. The molecule has 27 heavy (non-hydrogen) atoms. The number of rotatable bonds is 3. The predicted octanol–water partition coefficient (Wildman–Crippen LogP) is 2.18. The zero-order valence-corrected chi connectivity index (χ0v) is 16.4. The van der Waals surface area contributed by atoms with Crippen LogP contribution >= 0.6 is 0 Å². The molecule has 0 radical (unpaired) electrons. The van der Waals surface area contributed by atoms with E-state index in [1.807, 2.05) is 13.8 Å². The maximum absolute atomic E-state index is 13.0. The van der Waals surface area contributed by atoms with Crippen molar-refractivity contribution < 1.29 is 24.3 Å². The van der Waals surface area contributed by atoms with Gasteiger partial charge in [0.05, 0.1) is 6.54 Å². The van der Waals surface area contributed by atoms with Gasteiger partial charge in [-0.3, -0.25) is 9.59 Å². The van der Waals surface area contributed by atoms with Gasteiger partial charge >= 0.3 is 12.0 Å². The van der Waals surface area contributed by atoms with Crippen LogP contribution in [0.25, 0.3) is 0 Å². The average molecular weight is 374 g/mol. The highest BCUT2D eigenvalue weighted by Gasteiger charge is 2.65. The highest BCUT2D eigenvalue weighted by molar-refractivity contribution is 6.10. The number of amides is 2. The van der Waals surface area contributed by atoms with Crippen molar-refractivity contribution in [3.63, 3.8) is 0 Å². The summed E-state index contributed by atoms with van der Waals surface area (Å²) in [7, 11) is 0. The minimum absolute atomic E-state index is 0.0371. The normalized spacial score (nSPS) is 25.4. The third-order valence-corrected chi connectivity index (χ3v) is 5.96. The summed E-state index contributed by atoms with van der Waals surface area (Å²) in [5, 5.41) is 14.5. The number of carbonyl (C=O) groups excluding carboxylic acids is 3. The van der Waals surface area contributed by atoms with E-state index in [1.54, 1.807) is 19.9 Å².